The molecule has 1 aromatic carbocycles. The van der Waals surface area contributed by atoms with E-state index in [-0.39, 0.29) is 34.8 Å². The zero-order chi connectivity index (χ0) is 19.0. The van der Waals surface area contributed by atoms with Gasteiger partial charge in [-0.1, -0.05) is 0 Å². The van der Waals surface area contributed by atoms with Gasteiger partial charge in [-0.3, -0.25) is 9.59 Å². The molecule has 1 amide bonds. The molecule has 2 aliphatic rings. The summed E-state index contributed by atoms with van der Waals surface area (Å²) in [6.45, 7) is 1.26. The zero-order valence-electron chi connectivity index (χ0n) is 14.7. The Bertz CT molecular complexity index is 1000. The third-order valence-electron chi connectivity index (χ3n) is 4.99. The number of Topliss-reactive ketones (excluding diaryl/α,β-unsaturated/α-hetero) is 1. The summed E-state index contributed by atoms with van der Waals surface area (Å²) in [6, 6.07) is 7.41. The van der Waals surface area contributed by atoms with Crippen LogP contribution in [0, 0.1) is 0 Å². The van der Waals surface area contributed by atoms with E-state index in [2.05, 4.69) is 5.32 Å². The Morgan fingerprint density at radius 2 is 2.15 bits per heavy atom. The molecule has 1 atom stereocenters. The minimum Gasteiger partial charge on any atom is -0.378 e. The molecule has 1 fully saturated rings. The fourth-order valence-corrected chi connectivity index (χ4v) is 5.16. The number of carbonyl (C=O) groups excluding carboxylic acids is 2. The number of ether oxygens (including phenoxy) is 1. The van der Waals surface area contributed by atoms with Crippen LogP contribution in [0.3, 0.4) is 0 Å². The number of hydrogen-bond donors (Lipinski definition) is 1. The second-order valence-electron chi connectivity index (χ2n) is 6.80. The first kappa shape index (κ1) is 17.9. The quantitative estimate of drug-likeness (QED) is 0.861. The van der Waals surface area contributed by atoms with Crippen molar-refractivity contribution in [3.63, 3.8) is 0 Å². The van der Waals surface area contributed by atoms with E-state index in [1.165, 1.54) is 36.5 Å². The van der Waals surface area contributed by atoms with E-state index in [1.807, 2.05) is 0 Å². The molecular formula is C19H20N2O5S. The topological polar surface area (TPSA) is 94.5 Å². The summed E-state index contributed by atoms with van der Waals surface area (Å²) in [5.74, 6) is -0.581. The predicted molar refractivity (Wildman–Crippen MR) is 97.4 cm³/mol. The van der Waals surface area contributed by atoms with Gasteiger partial charge in [-0.25, -0.2) is 12.4 Å². The smallest absolute Gasteiger partial charge is 0.268 e. The number of ketones is 1. The number of fused-ring (bicyclic) bond motifs is 2. The molecule has 0 unspecified atom stereocenters. The van der Waals surface area contributed by atoms with Gasteiger partial charge in [0.1, 0.15) is 5.69 Å². The van der Waals surface area contributed by atoms with E-state index >= 15 is 0 Å². The molecule has 3 heterocycles. The fourth-order valence-electron chi connectivity index (χ4n) is 3.59. The van der Waals surface area contributed by atoms with Gasteiger partial charge < -0.3 is 10.1 Å². The molecule has 2 aliphatic heterocycles. The van der Waals surface area contributed by atoms with Crippen LogP contribution in [0.15, 0.2) is 41.4 Å². The molecule has 0 aliphatic carbocycles. The molecule has 0 radical (unpaired) electrons. The number of amides is 1. The molecule has 1 N–H and O–H groups in total. The molecule has 8 heteroatoms. The van der Waals surface area contributed by atoms with Gasteiger partial charge in [0.25, 0.3) is 15.9 Å². The summed E-state index contributed by atoms with van der Waals surface area (Å²) in [5.41, 5.74) is 0.819. The lowest BCUT2D eigenvalue weighted by Crippen LogP contribution is -2.27. The normalized spacial score (nSPS) is 20.6. The van der Waals surface area contributed by atoms with Gasteiger partial charge in [-0.2, -0.15) is 0 Å². The van der Waals surface area contributed by atoms with E-state index in [4.69, 9.17) is 4.74 Å². The number of nitrogens with zero attached hydrogens (tertiary/aromatic N) is 1. The van der Waals surface area contributed by atoms with Gasteiger partial charge in [-0.15, -0.1) is 0 Å². The Labute approximate surface area is 157 Å². The summed E-state index contributed by atoms with van der Waals surface area (Å²) >= 11 is 0. The van der Waals surface area contributed by atoms with Gasteiger partial charge in [0.05, 0.1) is 11.0 Å². The Morgan fingerprint density at radius 1 is 1.30 bits per heavy atom. The van der Waals surface area contributed by atoms with Crippen LogP contribution in [0.5, 0.6) is 0 Å². The average molecular weight is 388 g/mol. The maximum Gasteiger partial charge on any atom is 0.268 e. The monoisotopic (exact) mass is 388 g/mol. The molecular weight excluding hydrogens is 368 g/mol. The summed E-state index contributed by atoms with van der Waals surface area (Å²) in [6.07, 6.45) is 4.30. The van der Waals surface area contributed by atoms with Gasteiger partial charge in [0.2, 0.25) is 0 Å². The highest BCUT2D eigenvalue weighted by molar-refractivity contribution is 7.90. The van der Waals surface area contributed by atoms with Gasteiger partial charge >= 0.3 is 0 Å². The highest BCUT2D eigenvalue weighted by Gasteiger charge is 2.30. The summed E-state index contributed by atoms with van der Waals surface area (Å²) in [7, 11) is -3.85. The average Bonchev–Trinajstić information content (AvgIpc) is 3.32. The van der Waals surface area contributed by atoms with Crippen molar-refractivity contribution in [1.82, 2.24) is 9.29 Å². The molecule has 1 aromatic heterocycles. The van der Waals surface area contributed by atoms with Crippen LogP contribution in [0.4, 0.5) is 0 Å². The van der Waals surface area contributed by atoms with E-state index in [9.17, 15) is 18.0 Å². The minimum atomic E-state index is -3.85. The van der Waals surface area contributed by atoms with Crippen LogP contribution in [0.25, 0.3) is 0 Å². The first-order valence-corrected chi connectivity index (χ1v) is 10.4. The lowest BCUT2D eigenvalue weighted by molar-refractivity contribution is 0.0905. The molecule has 27 heavy (non-hydrogen) atoms. The highest BCUT2D eigenvalue weighted by Crippen LogP contribution is 2.27. The Kier molecular flexibility index (Phi) is 4.61. The lowest BCUT2D eigenvalue weighted by atomic mass is 10.0. The number of benzene rings is 1. The van der Waals surface area contributed by atoms with Crippen LogP contribution in [0.2, 0.25) is 0 Å². The molecule has 0 spiro atoms. The molecule has 0 saturated carbocycles. The van der Waals surface area contributed by atoms with Crippen molar-refractivity contribution >= 4 is 21.7 Å². The van der Waals surface area contributed by atoms with Crippen molar-refractivity contribution in [2.24, 2.45) is 0 Å². The molecule has 7 nitrogen and oxygen atoms in total. The van der Waals surface area contributed by atoms with E-state index in [0.29, 0.717) is 17.7 Å². The Morgan fingerprint density at radius 3 is 2.93 bits per heavy atom. The third-order valence-corrected chi connectivity index (χ3v) is 6.78. The second-order valence-corrected chi connectivity index (χ2v) is 8.58. The number of nitrogens with one attached hydrogen (secondary N) is 1. The van der Waals surface area contributed by atoms with Crippen LogP contribution < -0.4 is 5.32 Å². The van der Waals surface area contributed by atoms with Crippen LogP contribution in [0.1, 0.15) is 45.7 Å². The lowest BCUT2D eigenvalue weighted by Gasteiger charge is -2.12. The van der Waals surface area contributed by atoms with Gasteiger partial charge in [0, 0.05) is 31.3 Å². The molecule has 1 saturated heterocycles. The highest BCUT2D eigenvalue weighted by atomic mass is 32.2. The standard InChI is InChI=1S/C19H20N2O5S/c22-17-12-14-11-13(19(23)20-8-7-15-3-2-10-26-15)5-6-18(14)27(24,25)21-9-1-4-16(17)21/h1,4-6,9,11,15H,2-3,7-8,10,12H2,(H,20,23)/t15-/m0/s1. The minimum absolute atomic E-state index is 0.0571. The van der Waals surface area contributed by atoms with Crippen LogP contribution >= 0.6 is 0 Å². The number of carbonyl (C=O) groups is 2. The van der Waals surface area contributed by atoms with Crippen molar-refractivity contribution in [1.29, 1.82) is 0 Å². The molecule has 4 rings (SSSR count). The fraction of sp³-hybridized carbons (Fsp3) is 0.368. The van der Waals surface area contributed by atoms with Crippen molar-refractivity contribution in [2.75, 3.05) is 13.2 Å². The van der Waals surface area contributed by atoms with Crippen LogP contribution in [-0.4, -0.2) is 43.3 Å². The Hall–Kier alpha value is -2.45. The SMILES string of the molecule is O=C(NCC[C@@H]1CCCO1)c1ccc2c(c1)CC(=O)c1cccn1S2(=O)=O. The zero-order valence-corrected chi connectivity index (χ0v) is 15.5. The maximum absolute atomic E-state index is 12.8. The Balaban J connectivity index is 1.55. The van der Waals surface area contributed by atoms with Crippen molar-refractivity contribution < 1.29 is 22.7 Å². The first-order valence-electron chi connectivity index (χ1n) is 8.95. The van der Waals surface area contributed by atoms with Gasteiger partial charge in [-0.05, 0) is 55.2 Å². The van der Waals surface area contributed by atoms with Crippen molar-refractivity contribution in [3.8, 4) is 0 Å². The largest absolute Gasteiger partial charge is 0.378 e. The van der Waals surface area contributed by atoms with Crippen LogP contribution in [-0.2, 0) is 21.2 Å². The number of aromatic nitrogens is 1. The van der Waals surface area contributed by atoms with Crippen molar-refractivity contribution in [3.05, 3.63) is 53.3 Å². The molecule has 0 bridgehead atoms. The van der Waals surface area contributed by atoms with Gasteiger partial charge in [0.15, 0.2) is 5.78 Å². The summed E-state index contributed by atoms with van der Waals surface area (Å²) < 4.78 is 32.2. The van der Waals surface area contributed by atoms with E-state index in [1.54, 1.807) is 0 Å². The summed E-state index contributed by atoms with van der Waals surface area (Å²) in [4.78, 5) is 24.9. The van der Waals surface area contributed by atoms with E-state index < -0.39 is 10.0 Å². The predicted octanol–water partition coefficient (Wildman–Crippen LogP) is 1.76. The summed E-state index contributed by atoms with van der Waals surface area (Å²) in [5, 5.41) is 2.83. The third kappa shape index (κ3) is 3.30. The first-order chi connectivity index (χ1) is 13.0. The second kappa shape index (κ2) is 6.94. The van der Waals surface area contributed by atoms with Crippen molar-refractivity contribution in [2.45, 2.75) is 36.7 Å². The number of hydrogen-bond acceptors (Lipinski definition) is 5. The molecule has 2 aromatic rings. The number of rotatable bonds is 4. The molecule has 142 valence electrons. The maximum atomic E-state index is 12.8. The van der Waals surface area contributed by atoms with E-state index in [0.717, 1.165) is 29.8 Å².